The van der Waals surface area contributed by atoms with Gasteiger partial charge in [-0.2, -0.15) is 5.26 Å². The molecule has 1 aliphatic rings. The van der Waals surface area contributed by atoms with Crippen LogP contribution < -0.4 is 5.32 Å². The van der Waals surface area contributed by atoms with Crippen LogP contribution in [-0.4, -0.2) is 38.0 Å². The third-order valence-corrected chi connectivity index (χ3v) is 3.06. The van der Waals surface area contributed by atoms with E-state index in [1.807, 2.05) is 0 Å². The predicted octanol–water partition coefficient (Wildman–Crippen LogP) is 1.81. The molecule has 102 valence electrons. The van der Waals surface area contributed by atoms with Gasteiger partial charge in [-0.3, -0.25) is 0 Å². The largest absolute Gasteiger partial charge is 0.381 e. The molecule has 1 saturated heterocycles. The van der Waals surface area contributed by atoms with Crippen LogP contribution in [0.1, 0.15) is 18.4 Å². The zero-order valence-corrected chi connectivity index (χ0v) is 11.0. The predicted molar refractivity (Wildman–Crippen MR) is 71.8 cm³/mol. The first kappa shape index (κ1) is 13.8. The van der Waals surface area contributed by atoms with Crippen molar-refractivity contribution in [3.63, 3.8) is 0 Å². The van der Waals surface area contributed by atoms with E-state index < -0.39 is 0 Å². The van der Waals surface area contributed by atoms with Gasteiger partial charge in [0, 0.05) is 31.9 Å². The van der Waals surface area contributed by atoms with E-state index in [4.69, 9.17) is 14.7 Å². The minimum absolute atomic E-state index is 0.564. The molecule has 0 unspecified atom stereocenters. The fraction of sp³-hybridized carbons (Fsp3) is 0.571. The molecule has 0 bridgehead atoms. The minimum Gasteiger partial charge on any atom is -0.381 e. The molecule has 19 heavy (non-hydrogen) atoms. The van der Waals surface area contributed by atoms with Gasteiger partial charge in [-0.05, 0) is 25.0 Å². The van der Waals surface area contributed by atoms with Gasteiger partial charge >= 0.3 is 0 Å². The molecule has 5 nitrogen and oxygen atoms in total. The highest BCUT2D eigenvalue weighted by atomic mass is 16.5. The number of pyridine rings is 1. The van der Waals surface area contributed by atoms with Crippen LogP contribution in [0, 0.1) is 17.2 Å². The van der Waals surface area contributed by atoms with Crippen molar-refractivity contribution in [1.29, 1.82) is 5.26 Å². The van der Waals surface area contributed by atoms with Gasteiger partial charge in [0.1, 0.15) is 11.9 Å². The third kappa shape index (κ3) is 4.51. The highest BCUT2D eigenvalue weighted by Crippen LogP contribution is 2.12. The summed E-state index contributed by atoms with van der Waals surface area (Å²) in [6, 6.07) is 5.63. The Bertz CT molecular complexity index is 425. The summed E-state index contributed by atoms with van der Waals surface area (Å²) in [6.45, 7) is 3.96. The second kappa shape index (κ2) is 7.72. The molecule has 0 saturated carbocycles. The van der Waals surface area contributed by atoms with Crippen molar-refractivity contribution < 1.29 is 9.47 Å². The smallest absolute Gasteiger partial charge is 0.143 e. The van der Waals surface area contributed by atoms with Crippen molar-refractivity contribution in [3.8, 4) is 6.07 Å². The van der Waals surface area contributed by atoms with Gasteiger partial charge in [0.25, 0.3) is 0 Å². The van der Waals surface area contributed by atoms with Gasteiger partial charge in [0.05, 0.1) is 18.8 Å². The SMILES string of the molecule is N#Cc1cccnc1NCCCOC[C@H]1CCOC1. The average Bonchev–Trinajstić information content (AvgIpc) is 2.96. The lowest BCUT2D eigenvalue weighted by Gasteiger charge is -2.09. The number of rotatable bonds is 7. The van der Waals surface area contributed by atoms with Crippen LogP contribution in [0.4, 0.5) is 5.82 Å². The molecule has 2 rings (SSSR count). The molecule has 1 N–H and O–H groups in total. The number of hydrogen-bond donors (Lipinski definition) is 1. The number of aromatic nitrogens is 1. The molecule has 5 heteroatoms. The van der Waals surface area contributed by atoms with Crippen molar-refractivity contribution in [2.45, 2.75) is 12.8 Å². The van der Waals surface area contributed by atoms with E-state index in [1.54, 1.807) is 18.3 Å². The van der Waals surface area contributed by atoms with Crippen molar-refractivity contribution in [2.24, 2.45) is 5.92 Å². The molecule has 0 aliphatic carbocycles. The Morgan fingerprint density at radius 2 is 2.53 bits per heavy atom. The number of nitrogens with zero attached hydrogens (tertiary/aromatic N) is 2. The first-order chi connectivity index (χ1) is 9.40. The lowest BCUT2D eigenvalue weighted by molar-refractivity contribution is 0.0897. The van der Waals surface area contributed by atoms with Crippen LogP contribution in [0.5, 0.6) is 0 Å². The van der Waals surface area contributed by atoms with Crippen LogP contribution >= 0.6 is 0 Å². The number of nitriles is 1. The molecule has 1 aliphatic heterocycles. The monoisotopic (exact) mass is 261 g/mol. The fourth-order valence-corrected chi connectivity index (χ4v) is 1.98. The summed E-state index contributed by atoms with van der Waals surface area (Å²) in [6.07, 6.45) is 3.69. The van der Waals surface area contributed by atoms with E-state index in [9.17, 15) is 0 Å². The molecule has 0 radical (unpaired) electrons. The summed E-state index contributed by atoms with van der Waals surface area (Å²) in [5.41, 5.74) is 0.575. The van der Waals surface area contributed by atoms with E-state index in [-0.39, 0.29) is 0 Å². The molecule has 2 heterocycles. The number of nitrogens with one attached hydrogen (secondary N) is 1. The second-order valence-corrected chi connectivity index (χ2v) is 4.60. The zero-order valence-electron chi connectivity index (χ0n) is 11.0. The van der Waals surface area contributed by atoms with Crippen LogP contribution in [-0.2, 0) is 9.47 Å². The van der Waals surface area contributed by atoms with Crippen LogP contribution in [0.2, 0.25) is 0 Å². The maximum Gasteiger partial charge on any atom is 0.143 e. The van der Waals surface area contributed by atoms with Gasteiger partial charge in [0.2, 0.25) is 0 Å². The van der Waals surface area contributed by atoms with Crippen molar-refractivity contribution in [1.82, 2.24) is 4.98 Å². The first-order valence-electron chi connectivity index (χ1n) is 6.64. The minimum atomic E-state index is 0.564. The zero-order chi connectivity index (χ0) is 13.3. The van der Waals surface area contributed by atoms with Gasteiger partial charge in [0.15, 0.2) is 0 Å². The maximum atomic E-state index is 8.91. The highest BCUT2D eigenvalue weighted by Gasteiger charge is 2.15. The standard InChI is InChI=1S/C14H19N3O2/c15-9-13-3-1-5-16-14(13)17-6-2-7-18-10-12-4-8-19-11-12/h1,3,5,12H,2,4,6-8,10-11H2,(H,16,17)/t12-/m1/s1. The van der Waals surface area contributed by atoms with E-state index >= 15 is 0 Å². The van der Waals surface area contributed by atoms with Gasteiger partial charge < -0.3 is 14.8 Å². The van der Waals surface area contributed by atoms with E-state index in [0.29, 0.717) is 17.3 Å². The summed E-state index contributed by atoms with van der Waals surface area (Å²) in [4.78, 5) is 4.14. The van der Waals surface area contributed by atoms with Gasteiger partial charge in [-0.15, -0.1) is 0 Å². The topological polar surface area (TPSA) is 67.2 Å². The van der Waals surface area contributed by atoms with E-state index in [1.165, 1.54) is 0 Å². The summed E-state index contributed by atoms with van der Waals surface area (Å²) in [5.74, 6) is 1.21. The Labute approximate surface area is 113 Å². The maximum absolute atomic E-state index is 8.91. The molecule has 1 fully saturated rings. The Morgan fingerprint density at radius 3 is 3.32 bits per heavy atom. The Morgan fingerprint density at radius 1 is 1.58 bits per heavy atom. The lowest BCUT2D eigenvalue weighted by Crippen LogP contribution is -2.12. The van der Waals surface area contributed by atoms with E-state index in [2.05, 4.69) is 16.4 Å². The molecule has 1 aromatic rings. The Hall–Kier alpha value is -1.64. The molecule has 0 amide bonds. The molecule has 1 atom stereocenters. The van der Waals surface area contributed by atoms with Crippen molar-refractivity contribution >= 4 is 5.82 Å². The number of anilines is 1. The lowest BCUT2D eigenvalue weighted by atomic mass is 10.1. The number of hydrogen-bond acceptors (Lipinski definition) is 5. The molecule has 0 spiro atoms. The first-order valence-corrected chi connectivity index (χ1v) is 6.64. The summed E-state index contributed by atoms with van der Waals surface area (Å²) < 4.78 is 10.9. The fourth-order valence-electron chi connectivity index (χ4n) is 1.98. The molecular weight excluding hydrogens is 242 g/mol. The summed E-state index contributed by atoms with van der Waals surface area (Å²) in [5, 5.41) is 12.1. The molecule has 1 aromatic heterocycles. The Balaban J connectivity index is 1.57. The van der Waals surface area contributed by atoms with Crippen molar-refractivity contribution in [2.75, 3.05) is 38.3 Å². The second-order valence-electron chi connectivity index (χ2n) is 4.60. The van der Waals surface area contributed by atoms with Crippen molar-refractivity contribution in [3.05, 3.63) is 23.9 Å². The average molecular weight is 261 g/mol. The Kier molecular flexibility index (Phi) is 5.60. The van der Waals surface area contributed by atoms with Crippen LogP contribution in [0.25, 0.3) is 0 Å². The van der Waals surface area contributed by atoms with Crippen LogP contribution in [0.15, 0.2) is 18.3 Å². The normalized spacial score (nSPS) is 18.2. The molecular formula is C14H19N3O2. The van der Waals surface area contributed by atoms with E-state index in [0.717, 1.165) is 45.8 Å². The number of ether oxygens (including phenoxy) is 2. The highest BCUT2D eigenvalue weighted by molar-refractivity contribution is 5.50. The summed E-state index contributed by atoms with van der Waals surface area (Å²) >= 11 is 0. The van der Waals surface area contributed by atoms with Gasteiger partial charge in [-0.1, -0.05) is 0 Å². The van der Waals surface area contributed by atoms with Crippen LogP contribution in [0.3, 0.4) is 0 Å². The quantitative estimate of drug-likeness (QED) is 0.758. The molecule has 0 aromatic carbocycles. The summed E-state index contributed by atoms with van der Waals surface area (Å²) in [7, 11) is 0. The third-order valence-electron chi connectivity index (χ3n) is 3.06. The van der Waals surface area contributed by atoms with Gasteiger partial charge in [-0.25, -0.2) is 4.98 Å².